The van der Waals surface area contributed by atoms with Crippen LogP contribution >= 0.6 is 11.6 Å². The Morgan fingerprint density at radius 3 is 2.83 bits per heavy atom. The highest BCUT2D eigenvalue weighted by molar-refractivity contribution is 6.30. The second-order valence-electron chi connectivity index (χ2n) is 5.29. The van der Waals surface area contributed by atoms with Gasteiger partial charge in [-0.05, 0) is 55.8 Å². The molecule has 1 atom stereocenters. The number of hydrogen-bond acceptors (Lipinski definition) is 1. The molecule has 0 aromatic heterocycles. The van der Waals surface area contributed by atoms with Crippen LogP contribution in [0.5, 0.6) is 0 Å². The van der Waals surface area contributed by atoms with Crippen LogP contribution in [0.25, 0.3) is 0 Å². The van der Waals surface area contributed by atoms with Gasteiger partial charge in [-0.3, -0.25) is 0 Å². The van der Waals surface area contributed by atoms with Gasteiger partial charge in [0.25, 0.3) is 0 Å². The Balaban J connectivity index is 1.90. The first-order valence-electron chi connectivity index (χ1n) is 6.86. The molecule has 1 aromatic rings. The molecule has 0 amide bonds. The van der Waals surface area contributed by atoms with Crippen LogP contribution in [-0.4, -0.2) is 12.6 Å². The molecule has 3 heteroatoms. The molecule has 0 heterocycles. The van der Waals surface area contributed by atoms with Crippen molar-refractivity contribution in [2.45, 2.75) is 45.1 Å². The molecule has 0 bridgehead atoms. The third kappa shape index (κ3) is 4.25. The summed E-state index contributed by atoms with van der Waals surface area (Å²) in [6.07, 6.45) is 5.92. The molecule has 1 nitrogen and oxygen atoms in total. The summed E-state index contributed by atoms with van der Waals surface area (Å²) in [5.74, 6) is 0.288. The molecule has 1 fully saturated rings. The van der Waals surface area contributed by atoms with Crippen molar-refractivity contribution >= 4 is 11.6 Å². The van der Waals surface area contributed by atoms with Crippen LogP contribution in [0.1, 0.15) is 38.2 Å². The zero-order valence-corrected chi connectivity index (χ0v) is 11.6. The molecule has 100 valence electrons. The number of hydrogen-bond donors (Lipinski definition) is 1. The molecule has 1 saturated carbocycles. The average molecular weight is 270 g/mol. The predicted molar refractivity (Wildman–Crippen MR) is 74.5 cm³/mol. The summed E-state index contributed by atoms with van der Waals surface area (Å²) in [6, 6.07) is 5.91. The van der Waals surface area contributed by atoms with Crippen LogP contribution in [0.15, 0.2) is 18.2 Å². The monoisotopic (exact) mass is 269 g/mol. The predicted octanol–water partition coefficient (Wildman–Crippen LogP) is 4.19. The third-order valence-corrected chi connectivity index (χ3v) is 3.78. The van der Waals surface area contributed by atoms with Gasteiger partial charge in [-0.2, -0.15) is 0 Å². The summed E-state index contributed by atoms with van der Waals surface area (Å²) in [4.78, 5) is 0. The maximum Gasteiger partial charge on any atom is 0.142 e. The van der Waals surface area contributed by atoms with Gasteiger partial charge in [0, 0.05) is 6.04 Å². The Morgan fingerprint density at radius 2 is 2.22 bits per heavy atom. The molecule has 0 aliphatic heterocycles. The van der Waals surface area contributed by atoms with Crippen molar-refractivity contribution in [3.63, 3.8) is 0 Å². The smallest absolute Gasteiger partial charge is 0.142 e. The van der Waals surface area contributed by atoms with Gasteiger partial charge >= 0.3 is 0 Å². The number of benzene rings is 1. The molecule has 0 radical (unpaired) electrons. The lowest BCUT2D eigenvalue weighted by Gasteiger charge is -2.17. The zero-order valence-electron chi connectivity index (χ0n) is 10.9. The summed E-state index contributed by atoms with van der Waals surface area (Å²) in [5, 5.41) is 3.78. The van der Waals surface area contributed by atoms with E-state index in [-0.39, 0.29) is 10.8 Å². The van der Waals surface area contributed by atoms with E-state index in [1.165, 1.54) is 25.7 Å². The number of rotatable bonds is 7. The molecule has 0 spiro atoms. The Morgan fingerprint density at radius 1 is 1.44 bits per heavy atom. The van der Waals surface area contributed by atoms with E-state index in [1.807, 2.05) is 6.07 Å². The highest BCUT2D eigenvalue weighted by Crippen LogP contribution is 2.22. The first-order valence-corrected chi connectivity index (χ1v) is 7.24. The lowest BCUT2D eigenvalue weighted by atomic mass is 9.95. The van der Waals surface area contributed by atoms with Crippen LogP contribution in [-0.2, 0) is 6.42 Å². The lowest BCUT2D eigenvalue weighted by Crippen LogP contribution is -2.26. The van der Waals surface area contributed by atoms with Crippen LogP contribution in [0, 0.1) is 11.7 Å². The Hall–Kier alpha value is -0.600. The zero-order chi connectivity index (χ0) is 13.0. The van der Waals surface area contributed by atoms with E-state index in [2.05, 4.69) is 12.2 Å². The fourth-order valence-corrected chi connectivity index (χ4v) is 2.42. The topological polar surface area (TPSA) is 12.0 Å². The van der Waals surface area contributed by atoms with Crippen molar-refractivity contribution in [3.05, 3.63) is 34.6 Å². The molecular weight excluding hydrogens is 249 g/mol. The molecule has 0 saturated heterocycles. The van der Waals surface area contributed by atoms with Crippen LogP contribution in [0.3, 0.4) is 0 Å². The van der Waals surface area contributed by atoms with Gasteiger partial charge in [-0.25, -0.2) is 4.39 Å². The largest absolute Gasteiger partial charge is 0.314 e. The molecule has 1 N–H and O–H groups in total. The Bertz CT molecular complexity index is 390. The molecule has 18 heavy (non-hydrogen) atoms. The minimum Gasteiger partial charge on any atom is -0.314 e. The van der Waals surface area contributed by atoms with Gasteiger partial charge in [0.2, 0.25) is 0 Å². The van der Waals surface area contributed by atoms with Crippen molar-refractivity contribution in [3.8, 4) is 0 Å². The Labute approximate surface area is 114 Å². The summed E-state index contributed by atoms with van der Waals surface area (Å²) in [7, 11) is 0. The fourth-order valence-electron chi connectivity index (χ4n) is 2.31. The summed E-state index contributed by atoms with van der Waals surface area (Å²) < 4.78 is 13.4. The fraction of sp³-hybridized carbons (Fsp3) is 0.600. The van der Waals surface area contributed by atoms with Crippen molar-refractivity contribution in [1.82, 2.24) is 5.32 Å². The van der Waals surface area contributed by atoms with Gasteiger partial charge in [-0.1, -0.05) is 31.0 Å². The molecule has 1 aromatic carbocycles. The Kier molecular flexibility index (Phi) is 5.02. The van der Waals surface area contributed by atoms with Crippen LogP contribution in [0.4, 0.5) is 4.39 Å². The molecule has 1 aliphatic carbocycles. The second kappa shape index (κ2) is 6.53. The molecule has 1 unspecified atom stereocenters. The van der Waals surface area contributed by atoms with Crippen molar-refractivity contribution < 1.29 is 4.39 Å². The van der Waals surface area contributed by atoms with Gasteiger partial charge in [-0.15, -0.1) is 0 Å². The quantitative estimate of drug-likeness (QED) is 0.783. The van der Waals surface area contributed by atoms with Gasteiger partial charge in [0.15, 0.2) is 0 Å². The van der Waals surface area contributed by atoms with Crippen LogP contribution in [0.2, 0.25) is 5.02 Å². The molecule has 2 rings (SSSR count). The highest BCUT2D eigenvalue weighted by Gasteiger charge is 2.21. The number of nitrogens with one attached hydrogen (secondary N) is 1. The normalized spacial score (nSPS) is 16.8. The van der Waals surface area contributed by atoms with Gasteiger partial charge in [0.1, 0.15) is 5.82 Å². The van der Waals surface area contributed by atoms with Gasteiger partial charge < -0.3 is 5.32 Å². The summed E-state index contributed by atoms with van der Waals surface area (Å²) >= 11 is 5.70. The standard InChI is InChI=1S/C15H21ClFN/c1-2-3-12(10-18-13-5-6-13)8-11-4-7-14(16)15(17)9-11/h4,7,9,12-13,18H,2-3,5-6,8,10H2,1H3. The van der Waals surface area contributed by atoms with E-state index < -0.39 is 0 Å². The van der Waals surface area contributed by atoms with E-state index in [0.717, 1.165) is 24.6 Å². The van der Waals surface area contributed by atoms with Crippen molar-refractivity contribution in [1.29, 1.82) is 0 Å². The highest BCUT2D eigenvalue weighted by atomic mass is 35.5. The first kappa shape index (κ1) is 13.8. The van der Waals surface area contributed by atoms with E-state index in [4.69, 9.17) is 11.6 Å². The van der Waals surface area contributed by atoms with Crippen molar-refractivity contribution in [2.24, 2.45) is 5.92 Å². The molecule has 1 aliphatic rings. The van der Waals surface area contributed by atoms with E-state index in [1.54, 1.807) is 12.1 Å². The van der Waals surface area contributed by atoms with Crippen molar-refractivity contribution in [2.75, 3.05) is 6.54 Å². The number of halogens is 2. The average Bonchev–Trinajstić information content (AvgIpc) is 3.15. The van der Waals surface area contributed by atoms with E-state index in [9.17, 15) is 4.39 Å². The SMILES string of the molecule is CCCC(CNC1CC1)Cc1ccc(Cl)c(F)c1. The van der Waals surface area contributed by atoms with E-state index >= 15 is 0 Å². The third-order valence-electron chi connectivity index (χ3n) is 3.48. The molecular formula is C15H21ClFN. The van der Waals surface area contributed by atoms with Crippen LogP contribution < -0.4 is 5.32 Å². The maximum atomic E-state index is 13.4. The summed E-state index contributed by atoms with van der Waals surface area (Å²) in [5.41, 5.74) is 1.05. The second-order valence-corrected chi connectivity index (χ2v) is 5.70. The maximum absolute atomic E-state index is 13.4. The minimum absolute atomic E-state index is 0.210. The minimum atomic E-state index is -0.306. The lowest BCUT2D eigenvalue weighted by molar-refractivity contribution is 0.436. The van der Waals surface area contributed by atoms with Gasteiger partial charge in [0.05, 0.1) is 5.02 Å². The van der Waals surface area contributed by atoms with E-state index in [0.29, 0.717) is 5.92 Å². The summed E-state index contributed by atoms with van der Waals surface area (Å²) in [6.45, 7) is 3.25. The first-order chi connectivity index (χ1) is 8.69.